The van der Waals surface area contributed by atoms with Gasteiger partial charge < -0.3 is 10.2 Å². The molecule has 17 heavy (non-hydrogen) atoms. The van der Waals surface area contributed by atoms with Crippen LogP contribution in [0.3, 0.4) is 0 Å². The van der Waals surface area contributed by atoms with Crippen molar-refractivity contribution in [1.29, 1.82) is 0 Å². The van der Waals surface area contributed by atoms with Gasteiger partial charge in [-0.25, -0.2) is 0 Å². The normalized spacial score (nSPS) is 33.2. The minimum atomic E-state index is 0.805. The van der Waals surface area contributed by atoms with Crippen LogP contribution in [0.2, 0.25) is 0 Å². The van der Waals surface area contributed by atoms with Crippen molar-refractivity contribution in [2.45, 2.75) is 32.2 Å². The Bertz CT molecular complexity index is 222. The molecule has 0 aromatic carbocycles. The molecule has 0 bridgehead atoms. The standard InChI is InChI=1S/C14H29N3/c1-12-8-14(10-15-9-12)17-6-4-13(5-7-17)11-16(2)3/h12-15H,4-11H2,1-3H3. The maximum absolute atomic E-state index is 3.58. The average molecular weight is 239 g/mol. The first-order chi connectivity index (χ1) is 8.15. The van der Waals surface area contributed by atoms with Crippen LogP contribution in [0.25, 0.3) is 0 Å². The molecule has 2 aliphatic heterocycles. The SMILES string of the molecule is CC1CNCC(N2CCC(CN(C)C)CC2)C1. The Labute approximate surface area is 107 Å². The van der Waals surface area contributed by atoms with E-state index in [1.807, 2.05) is 0 Å². The smallest absolute Gasteiger partial charge is 0.0223 e. The third kappa shape index (κ3) is 3.94. The van der Waals surface area contributed by atoms with Gasteiger partial charge in [0.25, 0.3) is 0 Å². The first-order valence-electron chi connectivity index (χ1n) is 7.24. The lowest BCUT2D eigenvalue weighted by Crippen LogP contribution is -2.51. The summed E-state index contributed by atoms with van der Waals surface area (Å²) in [5, 5.41) is 3.58. The first kappa shape index (κ1) is 13.3. The van der Waals surface area contributed by atoms with E-state index in [2.05, 4.69) is 36.1 Å². The fourth-order valence-corrected chi connectivity index (χ4v) is 3.42. The van der Waals surface area contributed by atoms with Crippen molar-refractivity contribution >= 4 is 0 Å². The summed E-state index contributed by atoms with van der Waals surface area (Å²) in [5.74, 6) is 1.78. The van der Waals surface area contributed by atoms with E-state index in [1.54, 1.807) is 0 Å². The summed E-state index contributed by atoms with van der Waals surface area (Å²) < 4.78 is 0. The number of hydrogen-bond donors (Lipinski definition) is 1. The molecule has 0 amide bonds. The van der Waals surface area contributed by atoms with Crippen molar-refractivity contribution in [2.75, 3.05) is 46.8 Å². The van der Waals surface area contributed by atoms with E-state index < -0.39 is 0 Å². The molecule has 2 rings (SSSR count). The molecule has 3 nitrogen and oxygen atoms in total. The predicted molar refractivity (Wildman–Crippen MR) is 73.3 cm³/mol. The van der Waals surface area contributed by atoms with Gasteiger partial charge in [-0.1, -0.05) is 6.92 Å². The van der Waals surface area contributed by atoms with Gasteiger partial charge in [0.1, 0.15) is 0 Å². The summed E-state index contributed by atoms with van der Waals surface area (Å²) in [6.07, 6.45) is 4.18. The van der Waals surface area contributed by atoms with Crippen LogP contribution in [-0.4, -0.2) is 62.7 Å². The minimum Gasteiger partial charge on any atom is -0.315 e. The quantitative estimate of drug-likeness (QED) is 0.800. The molecule has 100 valence electrons. The largest absolute Gasteiger partial charge is 0.315 e. The van der Waals surface area contributed by atoms with Crippen molar-refractivity contribution < 1.29 is 0 Å². The Morgan fingerprint density at radius 1 is 1.18 bits per heavy atom. The van der Waals surface area contributed by atoms with Gasteiger partial charge in [-0.15, -0.1) is 0 Å². The van der Waals surface area contributed by atoms with Crippen molar-refractivity contribution in [2.24, 2.45) is 11.8 Å². The van der Waals surface area contributed by atoms with E-state index in [1.165, 1.54) is 52.0 Å². The van der Waals surface area contributed by atoms with Gasteiger partial charge in [0, 0.05) is 19.1 Å². The van der Waals surface area contributed by atoms with Gasteiger partial charge in [0.05, 0.1) is 0 Å². The fourth-order valence-electron chi connectivity index (χ4n) is 3.42. The third-order valence-corrected chi connectivity index (χ3v) is 4.34. The van der Waals surface area contributed by atoms with E-state index in [-0.39, 0.29) is 0 Å². The summed E-state index contributed by atoms with van der Waals surface area (Å²) in [5.41, 5.74) is 0. The number of likely N-dealkylation sites (tertiary alicyclic amines) is 1. The van der Waals surface area contributed by atoms with Crippen LogP contribution < -0.4 is 5.32 Å². The Morgan fingerprint density at radius 3 is 2.47 bits per heavy atom. The van der Waals surface area contributed by atoms with Crippen LogP contribution in [0.1, 0.15) is 26.2 Å². The topological polar surface area (TPSA) is 18.5 Å². The molecule has 0 saturated carbocycles. The maximum atomic E-state index is 3.58. The second-order valence-electron chi connectivity index (χ2n) is 6.39. The lowest BCUT2D eigenvalue weighted by molar-refractivity contribution is 0.0932. The number of hydrogen-bond acceptors (Lipinski definition) is 3. The second-order valence-corrected chi connectivity index (χ2v) is 6.39. The van der Waals surface area contributed by atoms with Gasteiger partial charge >= 0.3 is 0 Å². The zero-order valence-corrected chi connectivity index (χ0v) is 11.8. The van der Waals surface area contributed by atoms with Crippen LogP contribution in [0, 0.1) is 11.8 Å². The van der Waals surface area contributed by atoms with Crippen molar-refractivity contribution in [1.82, 2.24) is 15.1 Å². The first-order valence-corrected chi connectivity index (χ1v) is 7.24. The molecule has 2 aliphatic rings. The van der Waals surface area contributed by atoms with Crippen LogP contribution in [-0.2, 0) is 0 Å². The van der Waals surface area contributed by atoms with E-state index >= 15 is 0 Å². The molecular weight excluding hydrogens is 210 g/mol. The lowest BCUT2D eigenvalue weighted by atomic mass is 9.91. The molecule has 0 radical (unpaired) electrons. The van der Waals surface area contributed by atoms with Crippen LogP contribution in [0.15, 0.2) is 0 Å². The highest BCUT2D eigenvalue weighted by atomic mass is 15.2. The summed E-state index contributed by atoms with van der Waals surface area (Å²) in [4.78, 5) is 5.07. The van der Waals surface area contributed by atoms with Gasteiger partial charge in [-0.3, -0.25) is 4.90 Å². The highest BCUT2D eigenvalue weighted by molar-refractivity contribution is 4.85. The molecule has 2 fully saturated rings. The van der Waals surface area contributed by atoms with Crippen LogP contribution >= 0.6 is 0 Å². The number of nitrogens with one attached hydrogen (secondary N) is 1. The van der Waals surface area contributed by atoms with Crippen molar-refractivity contribution in [3.05, 3.63) is 0 Å². The Kier molecular flexibility index (Phi) is 4.83. The van der Waals surface area contributed by atoms with Crippen molar-refractivity contribution in [3.63, 3.8) is 0 Å². The van der Waals surface area contributed by atoms with E-state index in [0.717, 1.165) is 17.9 Å². The van der Waals surface area contributed by atoms with E-state index in [9.17, 15) is 0 Å². The molecule has 2 atom stereocenters. The molecule has 2 heterocycles. The summed E-state index contributed by atoms with van der Waals surface area (Å²) in [7, 11) is 4.39. The second kappa shape index (κ2) is 6.17. The van der Waals surface area contributed by atoms with Crippen LogP contribution in [0.5, 0.6) is 0 Å². The minimum absolute atomic E-state index is 0.805. The molecule has 0 aromatic heterocycles. The highest BCUT2D eigenvalue weighted by Crippen LogP contribution is 2.23. The third-order valence-electron chi connectivity index (χ3n) is 4.34. The fraction of sp³-hybridized carbons (Fsp3) is 1.00. The number of nitrogens with zero attached hydrogens (tertiary/aromatic N) is 2. The molecule has 2 unspecified atom stereocenters. The van der Waals surface area contributed by atoms with Crippen molar-refractivity contribution in [3.8, 4) is 0 Å². The predicted octanol–water partition coefficient (Wildman–Crippen LogP) is 1.26. The lowest BCUT2D eigenvalue weighted by Gasteiger charge is -2.41. The summed E-state index contributed by atoms with van der Waals surface area (Å²) >= 11 is 0. The Hall–Kier alpha value is -0.120. The van der Waals surface area contributed by atoms with E-state index in [0.29, 0.717) is 0 Å². The molecule has 2 saturated heterocycles. The van der Waals surface area contributed by atoms with Gasteiger partial charge in [-0.2, -0.15) is 0 Å². The monoisotopic (exact) mass is 239 g/mol. The summed E-state index contributed by atoms with van der Waals surface area (Å²) in [6.45, 7) is 8.70. The van der Waals surface area contributed by atoms with Gasteiger partial charge in [0.2, 0.25) is 0 Å². The highest BCUT2D eigenvalue weighted by Gasteiger charge is 2.28. The molecule has 0 aromatic rings. The van der Waals surface area contributed by atoms with Crippen LogP contribution in [0.4, 0.5) is 0 Å². The zero-order valence-electron chi connectivity index (χ0n) is 11.8. The number of rotatable bonds is 3. The Morgan fingerprint density at radius 2 is 1.88 bits per heavy atom. The number of piperidine rings is 2. The zero-order chi connectivity index (χ0) is 12.3. The van der Waals surface area contributed by atoms with E-state index in [4.69, 9.17) is 0 Å². The summed E-state index contributed by atoms with van der Waals surface area (Å²) in [6, 6.07) is 0.805. The average Bonchev–Trinajstić information content (AvgIpc) is 2.29. The molecule has 0 spiro atoms. The van der Waals surface area contributed by atoms with Gasteiger partial charge in [0.15, 0.2) is 0 Å². The molecule has 0 aliphatic carbocycles. The molecule has 3 heteroatoms. The molecular formula is C14H29N3. The maximum Gasteiger partial charge on any atom is 0.0223 e. The van der Waals surface area contributed by atoms with Gasteiger partial charge in [-0.05, 0) is 64.8 Å². The Balaban J connectivity index is 1.74. The molecule has 1 N–H and O–H groups in total.